The third kappa shape index (κ3) is 3.15. The Morgan fingerprint density at radius 2 is 2.12 bits per heavy atom. The number of aryl methyl sites for hydroxylation is 1. The molecular formula is C17H20N6O2S. The first-order valence-corrected chi connectivity index (χ1v) is 9.91. The predicted molar refractivity (Wildman–Crippen MR) is 95.3 cm³/mol. The molecule has 0 aromatic carbocycles. The van der Waals surface area contributed by atoms with Crippen LogP contribution in [0.1, 0.15) is 24.5 Å². The molecule has 4 rings (SSSR count). The molecule has 0 radical (unpaired) electrons. The summed E-state index contributed by atoms with van der Waals surface area (Å²) in [7, 11) is -1.82. The van der Waals surface area contributed by atoms with E-state index in [4.69, 9.17) is 4.98 Å². The lowest BCUT2D eigenvalue weighted by atomic mass is 9.95. The summed E-state index contributed by atoms with van der Waals surface area (Å²) in [6, 6.07) is 5.82. The van der Waals surface area contributed by atoms with E-state index in [1.54, 1.807) is 24.1 Å². The molecule has 9 heteroatoms. The van der Waals surface area contributed by atoms with Gasteiger partial charge in [-0.3, -0.25) is 4.57 Å². The van der Waals surface area contributed by atoms with Crippen molar-refractivity contribution in [3.63, 3.8) is 0 Å². The van der Waals surface area contributed by atoms with Crippen LogP contribution in [0.3, 0.4) is 0 Å². The van der Waals surface area contributed by atoms with Gasteiger partial charge in [0.15, 0.2) is 5.03 Å². The number of hydrogen-bond donors (Lipinski definition) is 0. The van der Waals surface area contributed by atoms with Crippen LogP contribution in [0.2, 0.25) is 0 Å². The Balaban J connectivity index is 1.58. The van der Waals surface area contributed by atoms with Crippen molar-refractivity contribution in [3.8, 4) is 5.82 Å². The van der Waals surface area contributed by atoms with Crippen molar-refractivity contribution in [3.05, 3.63) is 55.1 Å². The van der Waals surface area contributed by atoms with Crippen LogP contribution >= 0.6 is 0 Å². The van der Waals surface area contributed by atoms with Crippen LogP contribution in [0.5, 0.6) is 0 Å². The standard InChI is InChI=1S/C17H20N6O2S/c1-21-11-17(19-13-21)26(24,25)23-8-3-4-14(10-23)15-5-2-6-16(20-15)22-9-7-18-12-22/h2,5-7,9,11-14H,3-4,8,10H2,1H3. The number of nitrogens with zero attached hydrogens (tertiary/aromatic N) is 6. The van der Waals surface area contributed by atoms with Crippen LogP contribution in [-0.2, 0) is 17.1 Å². The minimum Gasteiger partial charge on any atom is -0.339 e. The van der Waals surface area contributed by atoms with Crippen molar-refractivity contribution in [2.75, 3.05) is 13.1 Å². The molecule has 136 valence electrons. The molecule has 0 spiro atoms. The van der Waals surface area contributed by atoms with E-state index in [0.29, 0.717) is 13.1 Å². The minimum absolute atomic E-state index is 0.0608. The molecule has 3 aromatic heterocycles. The van der Waals surface area contributed by atoms with E-state index in [2.05, 4.69) is 9.97 Å². The van der Waals surface area contributed by atoms with Crippen LogP contribution in [0.4, 0.5) is 0 Å². The third-order valence-corrected chi connectivity index (χ3v) is 6.36. The maximum absolute atomic E-state index is 12.8. The van der Waals surface area contributed by atoms with Gasteiger partial charge in [0.1, 0.15) is 12.1 Å². The van der Waals surface area contributed by atoms with Crippen LogP contribution in [0, 0.1) is 0 Å². The Kier molecular flexibility index (Phi) is 4.33. The molecule has 1 aliphatic rings. The van der Waals surface area contributed by atoms with Gasteiger partial charge in [-0.05, 0) is 25.0 Å². The van der Waals surface area contributed by atoms with Crippen LogP contribution in [-0.4, -0.2) is 49.9 Å². The third-order valence-electron chi connectivity index (χ3n) is 4.61. The molecule has 1 fully saturated rings. The van der Waals surface area contributed by atoms with Crippen LogP contribution in [0.15, 0.2) is 54.5 Å². The van der Waals surface area contributed by atoms with E-state index in [-0.39, 0.29) is 10.9 Å². The Hall–Kier alpha value is -2.52. The van der Waals surface area contributed by atoms with Gasteiger partial charge in [-0.2, -0.15) is 4.31 Å². The molecule has 0 bridgehead atoms. The number of piperidine rings is 1. The molecule has 1 aliphatic heterocycles. The van der Waals surface area contributed by atoms with Crippen molar-refractivity contribution in [2.24, 2.45) is 7.05 Å². The lowest BCUT2D eigenvalue weighted by Crippen LogP contribution is -2.39. The summed E-state index contributed by atoms with van der Waals surface area (Å²) in [6.45, 7) is 0.926. The van der Waals surface area contributed by atoms with Gasteiger partial charge in [-0.25, -0.2) is 23.4 Å². The number of imidazole rings is 2. The highest BCUT2D eigenvalue weighted by atomic mass is 32.2. The number of aromatic nitrogens is 5. The summed E-state index contributed by atoms with van der Waals surface area (Å²) in [6.07, 6.45) is 10.00. The van der Waals surface area contributed by atoms with Crippen molar-refractivity contribution in [1.82, 2.24) is 28.4 Å². The number of pyridine rings is 1. The van der Waals surface area contributed by atoms with Gasteiger partial charge in [-0.1, -0.05) is 6.07 Å². The maximum atomic E-state index is 12.8. The fraction of sp³-hybridized carbons (Fsp3) is 0.353. The largest absolute Gasteiger partial charge is 0.339 e. The van der Waals surface area contributed by atoms with Crippen molar-refractivity contribution in [2.45, 2.75) is 23.8 Å². The Morgan fingerprint density at radius 1 is 1.23 bits per heavy atom. The van der Waals surface area contributed by atoms with Crippen LogP contribution in [0.25, 0.3) is 5.82 Å². The first-order chi connectivity index (χ1) is 12.5. The molecular weight excluding hydrogens is 352 g/mol. The molecule has 8 nitrogen and oxygen atoms in total. The van der Waals surface area contributed by atoms with Crippen LogP contribution < -0.4 is 0 Å². The number of rotatable bonds is 4. The smallest absolute Gasteiger partial charge is 0.262 e. The second kappa shape index (κ2) is 6.65. The summed E-state index contributed by atoms with van der Waals surface area (Å²) in [5.41, 5.74) is 0.900. The fourth-order valence-corrected chi connectivity index (χ4v) is 4.75. The Morgan fingerprint density at radius 3 is 2.85 bits per heavy atom. The number of sulfonamides is 1. The first-order valence-electron chi connectivity index (χ1n) is 8.47. The van der Waals surface area contributed by atoms with E-state index < -0.39 is 10.0 Å². The summed E-state index contributed by atoms with van der Waals surface area (Å²) < 4.78 is 30.7. The Bertz CT molecular complexity index is 996. The van der Waals surface area contributed by atoms with Crippen molar-refractivity contribution >= 4 is 10.0 Å². The second-order valence-corrected chi connectivity index (χ2v) is 8.35. The van der Waals surface area contributed by atoms with Gasteiger partial charge in [0.2, 0.25) is 0 Å². The predicted octanol–water partition coefficient (Wildman–Crippen LogP) is 1.57. The van der Waals surface area contributed by atoms with Gasteiger partial charge in [0.25, 0.3) is 10.0 Å². The summed E-state index contributed by atoms with van der Waals surface area (Å²) in [5.74, 6) is 0.843. The molecule has 1 unspecified atom stereocenters. The quantitative estimate of drug-likeness (QED) is 0.694. The molecule has 4 heterocycles. The summed E-state index contributed by atoms with van der Waals surface area (Å²) >= 11 is 0. The highest BCUT2D eigenvalue weighted by molar-refractivity contribution is 7.89. The van der Waals surface area contributed by atoms with Crippen molar-refractivity contribution < 1.29 is 8.42 Å². The van der Waals surface area contributed by atoms with E-state index >= 15 is 0 Å². The first kappa shape index (κ1) is 16.9. The monoisotopic (exact) mass is 372 g/mol. The molecule has 1 saturated heterocycles. The molecule has 0 aliphatic carbocycles. The van der Waals surface area contributed by atoms with E-state index in [1.807, 2.05) is 29.0 Å². The zero-order chi connectivity index (χ0) is 18.1. The molecule has 0 saturated carbocycles. The minimum atomic E-state index is -3.58. The summed E-state index contributed by atoms with van der Waals surface area (Å²) in [4.78, 5) is 12.8. The second-order valence-electron chi connectivity index (χ2n) is 6.47. The normalized spacial score (nSPS) is 18.9. The lowest BCUT2D eigenvalue weighted by Gasteiger charge is -2.31. The lowest BCUT2D eigenvalue weighted by molar-refractivity contribution is 0.312. The van der Waals surface area contributed by atoms with Crippen molar-refractivity contribution in [1.29, 1.82) is 0 Å². The fourth-order valence-electron chi connectivity index (χ4n) is 3.26. The topological polar surface area (TPSA) is 85.9 Å². The molecule has 0 amide bonds. The number of hydrogen-bond acceptors (Lipinski definition) is 5. The molecule has 1 atom stereocenters. The highest BCUT2D eigenvalue weighted by Crippen LogP contribution is 2.29. The van der Waals surface area contributed by atoms with E-state index in [0.717, 1.165) is 24.4 Å². The van der Waals surface area contributed by atoms with E-state index in [1.165, 1.54) is 16.8 Å². The van der Waals surface area contributed by atoms with Gasteiger partial charge in [0, 0.05) is 50.3 Å². The molecule has 0 N–H and O–H groups in total. The molecule has 26 heavy (non-hydrogen) atoms. The average Bonchev–Trinajstić information content (AvgIpc) is 3.34. The van der Waals surface area contributed by atoms with Gasteiger partial charge in [-0.15, -0.1) is 0 Å². The van der Waals surface area contributed by atoms with Gasteiger partial charge >= 0.3 is 0 Å². The highest BCUT2D eigenvalue weighted by Gasteiger charge is 2.32. The SMILES string of the molecule is Cn1cnc(S(=O)(=O)N2CCCC(c3cccc(-n4ccnc4)n3)C2)c1. The van der Waals surface area contributed by atoms with Gasteiger partial charge < -0.3 is 4.57 Å². The zero-order valence-electron chi connectivity index (χ0n) is 14.4. The molecule has 3 aromatic rings. The summed E-state index contributed by atoms with van der Waals surface area (Å²) in [5, 5.41) is 0.0979. The Labute approximate surface area is 152 Å². The maximum Gasteiger partial charge on any atom is 0.262 e. The van der Waals surface area contributed by atoms with E-state index in [9.17, 15) is 8.42 Å². The van der Waals surface area contributed by atoms with Gasteiger partial charge in [0.05, 0.1) is 6.33 Å². The average molecular weight is 372 g/mol. The zero-order valence-corrected chi connectivity index (χ0v) is 15.2.